The van der Waals surface area contributed by atoms with Crippen molar-refractivity contribution < 1.29 is 23.8 Å². The molecular formula is C8H14FNO4. The second kappa shape index (κ2) is 4.78. The largest absolute Gasteiger partial charge is 0.481 e. The lowest BCUT2D eigenvalue weighted by Gasteiger charge is -2.20. The van der Waals surface area contributed by atoms with Gasteiger partial charge in [0.15, 0.2) is 6.30 Å². The highest BCUT2D eigenvalue weighted by atomic mass is 19.1. The van der Waals surface area contributed by atoms with E-state index in [0.29, 0.717) is 0 Å². The van der Waals surface area contributed by atoms with Gasteiger partial charge in [-0.25, -0.2) is 9.18 Å². The molecule has 82 valence electrons. The van der Waals surface area contributed by atoms with Crippen LogP contribution in [0, 0.1) is 0 Å². The lowest BCUT2D eigenvalue weighted by molar-refractivity contribution is -0.138. The molecule has 1 amide bonds. The van der Waals surface area contributed by atoms with Crippen LogP contribution in [0.25, 0.3) is 0 Å². The molecule has 0 rings (SSSR count). The number of ether oxygens (including phenoxy) is 1. The van der Waals surface area contributed by atoms with E-state index in [9.17, 15) is 14.0 Å². The predicted octanol–water partition coefficient (Wildman–Crippen LogP) is 1.28. The van der Waals surface area contributed by atoms with Crippen LogP contribution in [-0.2, 0) is 9.53 Å². The van der Waals surface area contributed by atoms with Crippen LogP contribution in [-0.4, -0.2) is 29.1 Å². The minimum atomic E-state index is -1.93. The van der Waals surface area contributed by atoms with Gasteiger partial charge in [-0.2, -0.15) is 0 Å². The van der Waals surface area contributed by atoms with E-state index < -0.39 is 30.4 Å². The van der Waals surface area contributed by atoms with Crippen molar-refractivity contribution in [1.82, 2.24) is 5.32 Å². The molecule has 0 heterocycles. The number of alkyl halides is 1. The van der Waals surface area contributed by atoms with Gasteiger partial charge in [0.2, 0.25) is 0 Å². The lowest BCUT2D eigenvalue weighted by atomic mass is 10.2. The standard InChI is InChI=1S/C8H14FNO4/c1-8(2,3)14-7(13)10-5(9)4-6(11)12/h5H,4H2,1-3H3,(H,10,13)(H,11,12). The Morgan fingerprint density at radius 2 is 2.00 bits per heavy atom. The number of amides is 1. The Labute approximate surface area is 81.2 Å². The van der Waals surface area contributed by atoms with Crippen LogP contribution in [0.5, 0.6) is 0 Å². The minimum Gasteiger partial charge on any atom is -0.481 e. The molecular weight excluding hydrogens is 193 g/mol. The summed E-state index contributed by atoms with van der Waals surface area (Å²) >= 11 is 0. The van der Waals surface area contributed by atoms with Crippen LogP contribution in [0.4, 0.5) is 9.18 Å². The molecule has 5 nitrogen and oxygen atoms in total. The molecule has 0 saturated carbocycles. The molecule has 6 heteroatoms. The topological polar surface area (TPSA) is 75.6 Å². The first kappa shape index (κ1) is 12.7. The van der Waals surface area contributed by atoms with E-state index in [1.807, 2.05) is 0 Å². The molecule has 2 N–H and O–H groups in total. The average molecular weight is 207 g/mol. The predicted molar refractivity (Wildman–Crippen MR) is 46.5 cm³/mol. The van der Waals surface area contributed by atoms with Gasteiger partial charge in [-0.3, -0.25) is 10.1 Å². The highest BCUT2D eigenvalue weighted by Gasteiger charge is 2.20. The third kappa shape index (κ3) is 7.33. The van der Waals surface area contributed by atoms with E-state index >= 15 is 0 Å². The Morgan fingerprint density at radius 1 is 1.50 bits per heavy atom. The molecule has 14 heavy (non-hydrogen) atoms. The summed E-state index contributed by atoms with van der Waals surface area (Å²) in [6.07, 6.45) is -3.67. The van der Waals surface area contributed by atoms with Gasteiger partial charge in [-0.15, -0.1) is 0 Å². The zero-order valence-electron chi connectivity index (χ0n) is 8.33. The maximum Gasteiger partial charge on any atom is 0.409 e. The van der Waals surface area contributed by atoms with Gasteiger partial charge >= 0.3 is 12.1 Å². The van der Waals surface area contributed by atoms with E-state index in [1.54, 1.807) is 26.1 Å². The van der Waals surface area contributed by atoms with Crippen molar-refractivity contribution in [2.24, 2.45) is 0 Å². The summed E-state index contributed by atoms with van der Waals surface area (Å²) in [4.78, 5) is 20.9. The Kier molecular flexibility index (Phi) is 4.33. The molecule has 1 atom stereocenters. The molecule has 0 spiro atoms. The fourth-order valence-electron chi connectivity index (χ4n) is 0.640. The van der Waals surface area contributed by atoms with Crippen LogP contribution >= 0.6 is 0 Å². The van der Waals surface area contributed by atoms with Crippen molar-refractivity contribution in [3.05, 3.63) is 0 Å². The molecule has 0 aliphatic heterocycles. The van der Waals surface area contributed by atoms with Crippen LogP contribution in [0.15, 0.2) is 0 Å². The van der Waals surface area contributed by atoms with Gasteiger partial charge in [0.05, 0.1) is 6.42 Å². The molecule has 1 unspecified atom stereocenters. The molecule has 0 fully saturated rings. The van der Waals surface area contributed by atoms with E-state index in [4.69, 9.17) is 9.84 Å². The molecule has 0 aromatic heterocycles. The monoisotopic (exact) mass is 207 g/mol. The summed E-state index contributed by atoms with van der Waals surface area (Å²) in [5.41, 5.74) is -0.729. The molecule has 0 saturated heterocycles. The molecule has 0 aliphatic carbocycles. The highest BCUT2D eigenvalue weighted by Crippen LogP contribution is 2.07. The Morgan fingerprint density at radius 3 is 2.36 bits per heavy atom. The van der Waals surface area contributed by atoms with Crippen molar-refractivity contribution in [3.8, 4) is 0 Å². The van der Waals surface area contributed by atoms with E-state index in [0.717, 1.165) is 0 Å². The van der Waals surface area contributed by atoms with Crippen LogP contribution in [0.1, 0.15) is 27.2 Å². The van der Waals surface area contributed by atoms with Crippen LogP contribution in [0.3, 0.4) is 0 Å². The van der Waals surface area contributed by atoms with E-state index in [-0.39, 0.29) is 0 Å². The van der Waals surface area contributed by atoms with Crippen molar-refractivity contribution in [2.45, 2.75) is 39.1 Å². The summed E-state index contributed by atoms with van der Waals surface area (Å²) < 4.78 is 17.4. The second-order valence-corrected chi connectivity index (χ2v) is 3.71. The van der Waals surface area contributed by atoms with Crippen molar-refractivity contribution in [2.75, 3.05) is 0 Å². The van der Waals surface area contributed by atoms with Gasteiger partial charge in [-0.05, 0) is 20.8 Å². The first-order valence-electron chi connectivity index (χ1n) is 4.06. The zero-order valence-corrected chi connectivity index (χ0v) is 8.33. The van der Waals surface area contributed by atoms with Crippen LogP contribution < -0.4 is 5.32 Å². The number of carboxylic acids is 1. The average Bonchev–Trinajstić information content (AvgIpc) is 1.77. The summed E-state index contributed by atoms with van der Waals surface area (Å²) in [5.74, 6) is -1.33. The van der Waals surface area contributed by atoms with E-state index in [2.05, 4.69) is 0 Å². The van der Waals surface area contributed by atoms with Gasteiger partial charge in [-0.1, -0.05) is 0 Å². The Bertz CT molecular complexity index is 224. The maximum absolute atomic E-state index is 12.7. The molecule has 0 aromatic carbocycles. The molecule has 0 bridgehead atoms. The Balaban J connectivity index is 3.89. The fraction of sp³-hybridized carbons (Fsp3) is 0.750. The lowest BCUT2D eigenvalue weighted by Crippen LogP contribution is -2.37. The second-order valence-electron chi connectivity index (χ2n) is 3.71. The van der Waals surface area contributed by atoms with E-state index in [1.165, 1.54) is 0 Å². The number of aliphatic carboxylic acids is 1. The number of halogens is 1. The Hall–Kier alpha value is -1.33. The number of carbonyl (C=O) groups is 2. The van der Waals surface area contributed by atoms with Crippen molar-refractivity contribution in [1.29, 1.82) is 0 Å². The minimum absolute atomic E-state index is 0.729. The summed E-state index contributed by atoms with van der Waals surface area (Å²) in [6, 6.07) is 0. The molecule has 0 aliphatic rings. The summed E-state index contributed by atoms with van der Waals surface area (Å²) in [7, 11) is 0. The van der Waals surface area contributed by atoms with Gasteiger partial charge in [0.25, 0.3) is 0 Å². The number of alkyl carbamates (subject to hydrolysis) is 1. The van der Waals surface area contributed by atoms with Gasteiger partial charge < -0.3 is 9.84 Å². The van der Waals surface area contributed by atoms with Crippen molar-refractivity contribution >= 4 is 12.1 Å². The number of hydrogen-bond acceptors (Lipinski definition) is 3. The zero-order chi connectivity index (χ0) is 11.4. The number of carboxylic acid groups (broad SMARTS) is 1. The highest BCUT2D eigenvalue weighted by molar-refractivity contribution is 5.71. The third-order valence-corrected chi connectivity index (χ3v) is 1.03. The first-order valence-corrected chi connectivity index (χ1v) is 4.06. The number of nitrogens with one attached hydrogen (secondary N) is 1. The SMILES string of the molecule is CC(C)(C)OC(=O)NC(F)CC(=O)O. The number of carbonyl (C=O) groups excluding carboxylic acids is 1. The summed E-state index contributed by atoms with van der Waals surface area (Å²) in [5, 5.41) is 9.96. The van der Waals surface area contributed by atoms with Crippen LogP contribution in [0.2, 0.25) is 0 Å². The maximum atomic E-state index is 12.7. The number of rotatable bonds is 3. The van der Waals surface area contributed by atoms with Gasteiger partial charge in [0, 0.05) is 0 Å². The fourth-order valence-corrected chi connectivity index (χ4v) is 0.640. The molecule has 0 radical (unpaired) electrons. The van der Waals surface area contributed by atoms with Crippen molar-refractivity contribution in [3.63, 3.8) is 0 Å². The smallest absolute Gasteiger partial charge is 0.409 e. The first-order chi connectivity index (χ1) is 6.20. The summed E-state index contributed by atoms with van der Waals surface area (Å²) in [6.45, 7) is 4.87. The quantitative estimate of drug-likeness (QED) is 0.683. The third-order valence-electron chi connectivity index (χ3n) is 1.03. The number of hydrogen-bond donors (Lipinski definition) is 2. The molecule has 0 aromatic rings. The normalized spacial score (nSPS) is 13.1. The van der Waals surface area contributed by atoms with Gasteiger partial charge in [0.1, 0.15) is 5.60 Å².